The van der Waals surface area contributed by atoms with Gasteiger partial charge in [0.2, 0.25) is 16.9 Å². The first-order chi connectivity index (χ1) is 11.1. The van der Waals surface area contributed by atoms with Crippen LogP contribution in [0.2, 0.25) is 0 Å². The fraction of sp³-hybridized carbons (Fsp3) is 0.154. The maximum absolute atomic E-state index is 11.8. The van der Waals surface area contributed by atoms with Crippen molar-refractivity contribution in [3.05, 3.63) is 29.3 Å². The van der Waals surface area contributed by atoms with Gasteiger partial charge in [-0.3, -0.25) is 10.1 Å². The number of carbonyl (C=O) groups is 1. The summed E-state index contributed by atoms with van der Waals surface area (Å²) in [5.41, 5.74) is 0.691. The number of aromatic hydroxyl groups is 1. The van der Waals surface area contributed by atoms with Crippen LogP contribution in [0.3, 0.4) is 0 Å². The predicted octanol–water partition coefficient (Wildman–Crippen LogP) is 2.33. The van der Waals surface area contributed by atoms with Crippen LogP contribution in [0.25, 0.3) is 11.5 Å². The number of phenolic OH excluding ortho intramolecular Hbond substituents is 1. The van der Waals surface area contributed by atoms with E-state index in [4.69, 9.17) is 4.42 Å². The van der Waals surface area contributed by atoms with Crippen molar-refractivity contribution in [2.24, 2.45) is 0 Å². The zero-order chi connectivity index (χ0) is 16.2. The largest absolute Gasteiger partial charge is 0.508 e. The number of amides is 1. The Kier molecular flexibility index (Phi) is 4.53. The maximum Gasteiger partial charge on any atom is 0.277 e. The summed E-state index contributed by atoms with van der Waals surface area (Å²) in [4.78, 5) is 11.8. The molecule has 8 nitrogen and oxygen atoms in total. The van der Waals surface area contributed by atoms with E-state index in [1.807, 2.05) is 6.92 Å². The maximum atomic E-state index is 11.8. The molecule has 3 aromatic rings. The Bertz CT molecular complexity index is 815. The number of hydrogen-bond acceptors (Lipinski definition) is 9. The molecule has 2 aromatic heterocycles. The van der Waals surface area contributed by atoms with Gasteiger partial charge in [0.25, 0.3) is 5.22 Å². The van der Waals surface area contributed by atoms with Gasteiger partial charge in [0, 0.05) is 5.56 Å². The minimum absolute atomic E-state index is 0.121. The molecule has 0 radical (unpaired) electrons. The summed E-state index contributed by atoms with van der Waals surface area (Å²) in [6.45, 7) is 1.81. The van der Waals surface area contributed by atoms with E-state index >= 15 is 0 Å². The number of nitrogens with one attached hydrogen (secondary N) is 1. The van der Waals surface area contributed by atoms with Crippen LogP contribution in [0.5, 0.6) is 5.75 Å². The zero-order valence-corrected chi connectivity index (χ0v) is 13.5. The molecule has 2 N–H and O–H groups in total. The zero-order valence-electron chi connectivity index (χ0n) is 11.9. The molecule has 118 valence electrons. The third kappa shape index (κ3) is 4.05. The third-order valence-electron chi connectivity index (χ3n) is 2.62. The number of nitrogens with zero attached hydrogens (tertiary/aromatic N) is 4. The van der Waals surface area contributed by atoms with Gasteiger partial charge in [-0.25, -0.2) is 0 Å². The lowest BCUT2D eigenvalue weighted by molar-refractivity contribution is -0.113. The van der Waals surface area contributed by atoms with Gasteiger partial charge in [-0.05, 0) is 31.2 Å². The highest BCUT2D eigenvalue weighted by molar-refractivity contribution is 7.99. The quantitative estimate of drug-likeness (QED) is 0.675. The van der Waals surface area contributed by atoms with Crippen molar-refractivity contribution in [3.63, 3.8) is 0 Å². The summed E-state index contributed by atoms with van der Waals surface area (Å²) in [5.74, 6) is 0.380. The molecule has 1 amide bonds. The number of anilines is 1. The van der Waals surface area contributed by atoms with E-state index in [0.717, 1.165) is 16.8 Å². The fourth-order valence-electron chi connectivity index (χ4n) is 1.62. The number of benzene rings is 1. The van der Waals surface area contributed by atoms with Crippen LogP contribution in [0.1, 0.15) is 5.01 Å². The molecule has 0 aliphatic carbocycles. The third-order valence-corrected chi connectivity index (χ3v) is 4.19. The molecule has 0 saturated heterocycles. The summed E-state index contributed by atoms with van der Waals surface area (Å²) < 4.78 is 5.47. The molecular weight excluding hydrogens is 338 g/mol. The summed E-state index contributed by atoms with van der Waals surface area (Å²) >= 11 is 2.43. The van der Waals surface area contributed by atoms with Crippen LogP contribution >= 0.6 is 23.1 Å². The molecule has 23 heavy (non-hydrogen) atoms. The Morgan fingerprint density at radius 3 is 2.74 bits per heavy atom. The Balaban J connectivity index is 1.56. The minimum atomic E-state index is -0.226. The lowest BCUT2D eigenvalue weighted by Crippen LogP contribution is -2.13. The van der Waals surface area contributed by atoms with Crippen molar-refractivity contribution in [2.75, 3.05) is 11.1 Å². The van der Waals surface area contributed by atoms with Crippen LogP contribution in [-0.2, 0) is 4.79 Å². The van der Waals surface area contributed by atoms with Gasteiger partial charge in [-0.1, -0.05) is 23.1 Å². The van der Waals surface area contributed by atoms with E-state index in [9.17, 15) is 9.90 Å². The Hall–Kier alpha value is -2.46. The van der Waals surface area contributed by atoms with Gasteiger partial charge in [-0.15, -0.1) is 20.4 Å². The standard InChI is InChI=1S/C13H11N5O3S2/c1-7-15-17-12(23-7)14-10(20)6-22-13-18-16-11(21-13)8-2-4-9(19)5-3-8/h2-5,19H,6H2,1H3,(H,14,17,20). The molecule has 0 unspecified atom stereocenters. The van der Waals surface area contributed by atoms with E-state index in [1.165, 1.54) is 23.5 Å². The second kappa shape index (κ2) is 6.75. The van der Waals surface area contributed by atoms with Crippen molar-refractivity contribution in [3.8, 4) is 17.2 Å². The molecule has 10 heteroatoms. The molecule has 3 rings (SSSR count). The first kappa shape index (κ1) is 15.4. The predicted molar refractivity (Wildman–Crippen MR) is 85.4 cm³/mol. The van der Waals surface area contributed by atoms with E-state index in [-0.39, 0.29) is 22.6 Å². The van der Waals surface area contributed by atoms with Crippen LogP contribution in [0.15, 0.2) is 33.9 Å². The van der Waals surface area contributed by atoms with Crippen LogP contribution in [-0.4, -0.2) is 37.2 Å². The summed E-state index contributed by atoms with van der Waals surface area (Å²) in [5, 5.41) is 28.9. The lowest BCUT2D eigenvalue weighted by Gasteiger charge is -1.98. The summed E-state index contributed by atoms with van der Waals surface area (Å²) in [6.07, 6.45) is 0. The highest BCUT2D eigenvalue weighted by Gasteiger charge is 2.12. The van der Waals surface area contributed by atoms with E-state index in [2.05, 4.69) is 25.7 Å². The fourth-order valence-corrected chi connectivity index (χ4v) is 2.79. The van der Waals surface area contributed by atoms with Gasteiger partial charge in [0.1, 0.15) is 10.8 Å². The van der Waals surface area contributed by atoms with Gasteiger partial charge < -0.3 is 9.52 Å². The van der Waals surface area contributed by atoms with E-state index in [1.54, 1.807) is 12.1 Å². The number of hydrogen-bond donors (Lipinski definition) is 2. The van der Waals surface area contributed by atoms with Crippen LogP contribution in [0, 0.1) is 6.92 Å². The molecule has 0 bridgehead atoms. The van der Waals surface area contributed by atoms with Gasteiger partial charge >= 0.3 is 0 Å². The average molecular weight is 349 g/mol. The molecule has 0 saturated carbocycles. The number of phenols is 1. The average Bonchev–Trinajstić information content (AvgIpc) is 3.15. The minimum Gasteiger partial charge on any atom is -0.508 e. The lowest BCUT2D eigenvalue weighted by atomic mass is 10.2. The van der Waals surface area contributed by atoms with Crippen molar-refractivity contribution >= 4 is 34.1 Å². The van der Waals surface area contributed by atoms with Crippen LogP contribution < -0.4 is 5.32 Å². The number of thioether (sulfide) groups is 1. The smallest absolute Gasteiger partial charge is 0.277 e. The van der Waals surface area contributed by atoms with Gasteiger partial charge in [0.15, 0.2) is 0 Å². The van der Waals surface area contributed by atoms with Gasteiger partial charge in [-0.2, -0.15) is 0 Å². The molecule has 0 aliphatic rings. The van der Waals surface area contributed by atoms with Crippen molar-refractivity contribution in [1.29, 1.82) is 0 Å². The van der Waals surface area contributed by atoms with Crippen molar-refractivity contribution < 1.29 is 14.3 Å². The van der Waals surface area contributed by atoms with E-state index < -0.39 is 0 Å². The molecule has 1 aromatic carbocycles. The second-order valence-corrected chi connectivity index (χ2v) is 6.49. The molecule has 2 heterocycles. The highest BCUT2D eigenvalue weighted by atomic mass is 32.2. The van der Waals surface area contributed by atoms with Crippen molar-refractivity contribution in [2.45, 2.75) is 12.1 Å². The SMILES string of the molecule is Cc1nnc(NC(=O)CSc2nnc(-c3ccc(O)cc3)o2)s1. The molecule has 0 atom stereocenters. The molecule has 0 aliphatic heterocycles. The highest BCUT2D eigenvalue weighted by Crippen LogP contribution is 2.24. The molecule has 0 spiro atoms. The Morgan fingerprint density at radius 2 is 2.04 bits per heavy atom. The topological polar surface area (TPSA) is 114 Å². The first-order valence-corrected chi connectivity index (χ1v) is 8.26. The van der Waals surface area contributed by atoms with E-state index in [0.29, 0.717) is 16.6 Å². The Morgan fingerprint density at radius 1 is 1.26 bits per heavy atom. The number of carbonyl (C=O) groups excluding carboxylic acids is 1. The van der Waals surface area contributed by atoms with Crippen molar-refractivity contribution in [1.82, 2.24) is 20.4 Å². The first-order valence-electron chi connectivity index (χ1n) is 6.46. The number of rotatable bonds is 5. The Labute approximate surface area is 139 Å². The summed E-state index contributed by atoms with van der Waals surface area (Å²) in [6, 6.07) is 6.40. The molecular formula is C13H11N5O3S2. The summed E-state index contributed by atoms with van der Waals surface area (Å²) in [7, 11) is 0. The number of aromatic nitrogens is 4. The van der Waals surface area contributed by atoms with Crippen LogP contribution in [0.4, 0.5) is 5.13 Å². The monoisotopic (exact) mass is 349 g/mol. The second-order valence-electron chi connectivity index (χ2n) is 4.38. The molecule has 0 fully saturated rings. The number of aryl methyl sites for hydroxylation is 1. The normalized spacial score (nSPS) is 10.7. The van der Waals surface area contributed by atoms with Gasteiger partial charge in [0.05, 0.1) is 5.75 Å².